The van der Waals surface area contributed by atoms with E-state index in [-0.39, 0.29) is 0 Å². The molecule has 4 nitrogen and oxygen atoms in total. The smallest absolute Gasteiger partial charge is 0.147 e. The van der Waals surface area contributed by atoms with Crippen molar-refractivity contribution in [1.82, 2.24) is 9.97 Å². The molecule has 4 heteroatoms. The molecule has 15 heavy (non-hydrogen) atoms. The van der Waals surface area contributed by atoms with Crippen LogP contribution in [0.4, 0.5) is 11.6 Å². The molecule has 0 atom stereocenters. The number of aromatic nitrogens is 2. The van der Waals surface area contributed by atoms with Gasteiger partial charge < -0.3 is 10.6 Å². The van der Waals surface area contributed by atoms with Crippen molar-refractivity contribution in [3.8, 4) is 0 Å². The molecule has 0 aliphatic heterocycles. The zero-order chi connectivity index (χ0) is 10.5. The van der Waals surface area contributed by atoms with Crippen molar-refractivity contribution in [2.45, 2.75) is 38.6 Å². The molecule has 2 N–H and O–H groups in total. The summed E-state index contributed by atoms with van der Waals surface area (Å²) in [7, 11) is 0. The monoisotopic (exact) mass is 206 g/mol. The number of nitrogens with zero attached hydrogens (tertiary/aromatic N) is 2. The van der Waals surface area contributed by atoms with Crippen molar-refractivity contribution >= 4 is 11.6 Å². The molecule has 2 rings (SSSR count). The zero-order valence-corrected chi connectivity index (χ0v) is 9.16. The Morgan fingerprint density at radius 2 is 2.00 bits per heavy atom. The molecule has 82 valence electrons. The molecule has 1 fully saturated rings. The van der Waals surface area contributed by atoms with Gasteiger partial charge in [-0.1, -0.05) is 12.8 Å². The summed E-state index contributed by atoms with van der Waals surface area (Å²) in [5.74, 6) is 1.74. The molecular formula is C11H18N4. The lowest BCUT2D eigenvalue weighted by Crippen LogP contribution is -2.16. The highest BCUT2D eigenvalue weighted by Gasteiger charge is 2.14. The minimum Gasteiger partial charge on any atom is -0.369 e. The fourth-order valence-corrected chi connectivity index (χ4v) is 1.98. The SMILES string of the molecule is CCNc1cncc(NC2CCCC2)n1. The Kier molecular flexibility index (Phi) is 3.37. The molecule has 0 bridgehead atoms. The molecule has 1 saturated carbocycles. The van der Waals surface area contributed by atoms with E-state index in [0.29, 0.717) is 6.04 Å². The van der Waals surface area contributed by atoms with E-state index in [0.717, 1.165) is 18.2 Å². The summed E-state index contributed by atoms with van der Waals surface area (Å²) >= 11 is 0. The molecule has 0 radical (unpaired) electrons. The number of rotatable bonds is 4. The maximum absolute atomic E-state index is 4.44. The minimum atomic E-state index is 0.594. The zero-order valence-electron chi connectivity index (χ0n) is 9.16. The van der Waals surface area contributed by atoms with Crippen molar-refractivity contribution in [1.29, 1.82) is 0 Å². The van der Waals surface area contributed by atoms with Crippen LogP contribution in [0.2, 0.25) is 0 Å². The third-order valence-corrected chi connectivity index (χ3v) is 2.70. The van der Waals surface area contributed by atoms with Crippen LogP contribution in [0.25, 0.3) is 0 Å². The van der Waals surface area contributed by atoms with Gasteiger partial charge in [0.25, 0.3) is 0 Å². The lowest BCUT2D eigenvalue weighted by molar-refractivity contribution is 0.749. The first-order chi connectivity index (χ1) is 7.38. The molecule has 0 amide bonds. The predicted molar refractivity (Wildman–Crippen MR) is 62.1 cm³/mol. The highest BCUT2D eigenvalue weighted by molar-refractivity contribution is 5.42. The van der Waals surface area contributed by atoms with Gasteiger partial charge in [-0.15, -0.1) is 0 Å². The molecule has 1 aliphatic rings. The Hall–Kier alpha value is -1.32. The van der Waals surface area contributed by atoms with Crippen LogP contribution in [0.15, 0.2) is 12.4 Å². The maximum Gasteiger partial charge on any atom is 0.147 e. The first-order valence-electron chi connectivity index (χ1n) is 5.71. The Balaban J connectivity index is 1.97. The number of hydrogen-bond acceptors (Lipinski definition) is 4. The van der Waals surface area contributed by atoms with E-state index < -0.39 is 0 Å². The van der Waals surface area contributed by atoms with Crippen molar-refractivity contribution in [2.75, 3.05) is 17.2 Å². The molecule has 0 unspecified atom stereocenters. The van der Waals surface area contributed by atoms with E-state index >= 15 is 0 Å². The number of anilines is 2. The molecule has 1 aliphatic carbocycles. The molecule has 0 saturated heterocycles. The summed E-state index contributed by atoms with van der Waals surface area (Å²) in [6.45, 7) is 2.93. The first kappa shape index (κ1) is 10.2. The summed E-state index contributed by atoms with van der Waals surface area (Å²) < 4.78 is 0. The topological polar surface area (TPSA) is 49.8 Å². The quantitative estimate of drug-likeness (QED) is 0.793. The van der Waals surface area contributed by atoms with Crippen molar-refractivity contribution in [2.24, 2.45) is 0 Å². The highest BCUT2D eigenvalue weighted by Crippen LogP contribution is 2.21. The summed E-state index contributed by atoms with van der Waals surface area (Å²) in [5.41, 5.74) is 0. The predicted octanol–water partition coefficient (Wildman–Crippen LogP) is 2.26. The third kappa shape index (κ3) is 2.81. The molecule has 1 aromatic rings. The largest absolute Gasteiger partial charge is 0.369 e. The van der Waals surface area contributed by atoms with Gasteiger partial charge in [0.05, 0.1) is 12.4 Å². The van der Waals surface area contributed by atoms with E-state index in [2.05, 4.69) is 27.5 Å². The second kappa shape index (κ2) is 4.96. The molecule has 0 aromatic carbocycles. The van der Waals surface area contributed by atoms with E-state index in [9.17, 15) is 0 Å². The van der Waals surface area contributed by atoms with E-state index in [1.54, 1.807) is 12.4 Å². The average Bonchev–Trinajstić information content (AvgIpc) is 2.71. The first-order valence-corrected chi connectivity index (χ1v) is 5.71. The van der Waals surface area contributed by atoms with E-state index in [4.69, 9.17) is 0 Å². The Bertz CT molecular complexity index is 307. The molecule has 0 spiro atoms. The Labute approximate surface area is 90.5 Å². The van der Waals surface area contributed by atoms with Crippen molar-refractivity contribution < 1.29 is 0 Å². The van der Waals surface area contributed by atoms with E-state index in [1.165, 1.54) is 25.7 Å². The van der Waals surface area contributed by atoms with Gasteiger partial charge in [0, 0.05) is 12.6 Å². The van der Waals surface area contributed by atoms with Crippen LogP contribution in [0.1, 0.15) is 32.6 Å². The molecule has 1 heterocycles. The second-order valence-electron chi connectivity index (χ2n) is 3.95. The highest BCUT2D eigenvalue weighted by atomic mass is 15.1. The van der Waals surface area contributed by atoms with Crippen LogP contribution in [-0.4, -0.2) is 22.6 Å². The van der Waals surface area contributed by atoms with Crippen LogP contribution in [0.3, 0.4) is 0 Å². The minimum absolute atomic E-state index is 0.594. The van der Waals surface area contributed by atoms with Gasteiger partial charge in [-0.25, -0.2) is 4.98 Å². The molecular weight excluding hydrogens is 188 g/mol. The summed E-state index contributed by atoms with van der Waals surface area (Å²) in [6, 6.07) is 0.594. The lowest BCUT2D eigenvalue weighted by atomic mass is 10.2. The van der Waals surface area contributed by atoms with Gasteiger partial charge >= 0.3 is 0 Å². The summed E-state index contributed by atoms with van der Waals surface area (Å²) in [4.78, 5) is 8.60. The summed E-state index contributed by atoms with van der Waals surface area (Å²) in [6.07, 6.45) is 8.72. The Morgan fingerprint density at radius 3 is 2.73 bits per heavy atom. The van der Waals surface area contributed by atoms with Gasteiger partial charge in [0.1, 0.15) is 11.6 Å². The maximum atomic E-state index is 4.44. The van der Waals surface area contributed by atoms with Crippen LogP contribution >= 0.6 is 0 Å². The van der Waals surface area contributed by atoms with Crippen molar-refractivity contribution in [3.63, 3.8) is 0 Å². The number of nitrogens with one attached hydrogen (secondary N) is 2. The van der Waals surface area contributed by atoms with Gasteiger partial charge in [-0.3, -0.25) is 4.98 Å². The third-order valence-electron chi connectivity index (χ3n) is 2.70. The standard InChI is InChI=1S/C11H18N4/c1-2-13-10-7-12-8-11(15-10)14-9-5-3-4-6-9/h7-9H,2-6H2,1H3,(H2,13,14,15). The summed E-state index contributed by atoms with van der Waals surface area (Å²) in [5, 5.41) is 6.59. The number of hydrogen-bond donors (Lipinski definition) is 2. The second-order valence-corrected chi connectivity index (χ2v) is 3.95. The van der Waals surface area contributed by atoms with Crippen LogP contribution in [0, 0.1) is 0 Å². The van der Waals surface area contributed by atoms with Gasteiger partial charge in [0.2, 0.25) is 0 Å². The van der Waals surface area contributed by atoms with Crippen molar-refractivity contribution in [3.05, 3.63) is 12.4 Å². The van der Waals surface area contributed by atoms with E-state index in [1.807, 2.05) is 0 Å². The van der Waals surface area contributed by atoms with Gasteiger partial charge in [0.15, 0.2) is 0 Å². The van der Waals surface area contributed by atoms with Crippen LogP contribution < -0.4 is 10.6 Å². The van der Waals surface area contributed by atoms with Gasteiger partial charge in [-0.05, 0) is 19.8 Å². The fraction of sp³-hybridized carbons (Fsp3) is 0.636. The average molecular weight is 206 g/mol. The fourth-order valence-electron chi connectivity index (χ4n) is 1.98. The lowest BCUT2D eigenvalue weighted by Gasteiger charge is -2.12. The normalized spacial score (nSPS) is 16.6. The molecule has 1 aromatic heterocycles. The van der Waals surface area contributed by atoms with Crippen LogP contribution in [0.5, 0.6) is 0 Å². The van der Waals surface area contributed by atoms with Gasteiger partial charge in [-0.2, -0.15) is 0 Å². The van der Waals surface area contributed by atoms with Crippen LogP contribution in [-0.2, 0) is 0 Å². The Morgan fingerprint density at radius 1 is 1.27 bits per heavy atom.